The quantitative estimate of drug-likeness (QED) is 0.763. The molecule has 20 heavy (non-hydrogen) atoms. The van der Waals surface area contributed by atoms with E-state index in [0.29, 0.717) is 19.4 Å². The van der Waals surface area contributed by atoms with E-state index in [2.05, 4.69) is 33.5 Å². The van der Waals surface area contributed by atoms with E-state index in [1.807, 2.05) is 25.3 Å². The highest BCUT2D eigenvalue weighted by molar-refractivity contribution is 6.06. The molecule has 4 nitrogen and oxygen atoms in total. The Morgan fingerprint density at radius 3 is 2.95 bits per heavy atom. The Labute approximate surface area is 117 Å². The summed E-state index contributed by atoms with van der Waals surface area (Å²) in [6.07, 6.45) is 3.00. The maximum Gasteiger partial charge on any atom is 0.220 e. The van der Waals surface area contributed by atoms with Crippen molar-refractivity contribution in [2.75, 3.05) is 6.54 Å². The van der Waals surface area contributed by atoms with E-state index < -0.39 is 0 Å². The van der Waals surface area contributed by atoms with E-state index in [9.17, 15) is 4.79 Å². The second-order valence-corrected chi connectivity index (χ2v) is 4.85. The first-order valence-corrected chi connectivity index (χ1v) is 6.90. The van der Waals surface area contributed by atoms with Crippen LogP contribution in [0.4, 0.5) is 0 Å². The van der Waals surface area contributed by atoms with Gasteiger partial charge in [0, 0.05) is 34.9 Å². The van der Waals surface area contributed by atoms with Crippen LogP contribution >= 0.6 is 0 Å². The molecule has 102 valence electrons. The summed E-state index contributed by atoms with van der Waals surface area (Å²) < 4.78 is 0. The average Bonchev–Trinajstić information content (AvgIpc) is 2.83. The standard InChI is InChI=1S/C16H17N3O/c1-2-17-16(20)8-7-11-9-13-12-5-3-4-6-14(12)19-15(13)10-18-11/h3-6,9-10,19H,2,7-8H2,1H3,(H,17,20). The zero-order chi connectivity index (χ0) is 13.9. The fraction of sp³-hybridized carbons (Fsp3) is 0.250. The summed E-state index contributed by atoms with van der Waals surface area (Å²) in [5.74, 6) is 0.0772. The van der Waals surface area contributed by atoms with E-state index in [-0.39, 0.29) is 5.91 Å². The lowest BCUT2D eigenvalue weighted by molar-refractivity contribution is -0.120. The van der Waals surface area contributed by atoms with Gasteiger partial charge in [0.15, 0.2) is 0 Å². The number of aryl methyl sites for hydroxylation is 1. The van der Waals surface area contributed by atoms with Gasteiger partial charge in [-0.15, -0.1) is 0 Å². The molecule has 0 radical (unpaired) electrons. The third kappa shape index (κ3) is 2.37. The molecule has 2 heterocycles. The van der Waals surface area contributed by atoms with Crippen LogP contribution in [0.15, 0.2) is 36.5 Å². The van der Waals surface area contributed by atoms with Crippen LogP contribution in [0.2, 0.25) is 0 Å². The van der Waals surface area contributed by atoms with E-state index in [4.69, 9.17) is 0 Å². The number of pyridine rings is 1. The van der Waals surface area contributed by atoms with Gasteiger partial charge in [0.2, 0.25) is 5.91 Å². The number of nitrogens with zero attached hydrogens (tertiary/aromatic N) is 1. The second kappa shape index (κ2) is 5.33. The molecule has 3 rings (SSSR count). The van der Waals surface area contributed by atoms with Crippen LogP contribution in [0.25, 0.3) is 21.8 Å². The number of nitrogens with one attached hydrogen (secondary N) is 2. The molecule has 0 atom stereocenters. The average molecular weight is 267 g/mol. The van der Waals surface area contributed by atoms with Gasteiger partial charge < -0.3 is 10.3 Å². The zero-order valence-electron chi connectivity index (χ0n) is 11.4. The Morgan fingerprint density at radius 1 is 1.25 bits per heavy atom. The van der Waals surface area contributed by atoms with Crippen molar-refractivity contribution in [2.45, 2.75) is 19.8 Å². The van der Waals surface area contributed by atoms with E-state index in [1.165, 1.54) is 10.8 Å². The molecule has 1 amide bonds. The molecule has 2 N–H and O–H groups in total. The summed E-state index contributed by atoms with van der Waals surface area (Å²) in [4.78, 5) is 19.3. The van der Waals surface area contributed by atoms with Gasteiger partial charge in [-0.1, -0.05) is 18.2 Å². The van der Waals surface area contributed by atoms with Crippen LogP contribution in [0.5, 0.6) is 0 Å². The van der Waals surface area contributed by atoms with Crippen molar-refractivity contribution in [3.63, 3.8) is 0 Å². The smallest absolute Gasteiger partial charge is 0.220 e. The van der Waals surface area contributed by atoms with Crippen molar-refractivity contribution >= 4 is 27.7 Å². The van der Waals surface area contributed by atoms with Gasteiger partial charge in [-0.05, 0) is 25.5 Å². The topological polar surface area (TPSA) is 57.8 Å². The van der Waals surface area contributed by atoms with Gasteiger partial charge in [0.1, 0.15) is 0 Å². The Hall–Kier alpha value is -2.36. The summed E-state index contributed by atoms with van der Waals surface area (Å²) in [7, 11) is 0. The van der Waals surface area contributed by atoms with Crippen molar-refractivity contribution < 1.29 is 4.79 Å². The SMILES string of the molecule is CCNC(=O)CCc1cc2c(cn1)[nH]c1ccccc12. The van der Waals surface area contributed by atoms with E-state index in [0.717, 1.165) is 16.7 Å². The van der Waals surface area contributed by atoms with Crippen molar-refractivity contribution in [3.05, 3.63) is 42.2 Å². The molecule has 2 aromatic heterocycles. The van der Waals surface area contributed by atoms with Crippen LogP contribution in [-0.4, -0.2) is 22.4 Å². The lowest BCUT2D eigenvalue weighted by Gasteiger charge is -2.02. The largest absolute Gasteiger partial charge is 0.356 e. The monoisotopic (exact) mass is 267 g/mol. The van der Waals surface area contributed by atoms with Crippen molar-refractivity contribution in [1.29, 1.82) is 0 Å². The fourth-order valence-electron chi connectivity index (χ4n) is 2.46. The van der Waals surface area contributed by atoms with Crippen LogP contribution in [0.1, 0.15) is 19.0 Å². The molecular weight excluding hydrogens is 250 g/mol. The molecule has 0 spiro atoms. The number of benzene rings is 1. The van der Waals surface area contributed by atoms with Gasteiger partial charge in [-0.3, -0.25) is 9.78 Å². The summed E-state index contributed by atoms with van der Waals surface area (Å²) >= 11 is 0. The maximum atomic E-state index is 11.5. The molecule has 0 aliphatic rings. The summed E-state index contributed by atoms with van der Waals surface area (Å²) in [6.45, 7) is 2.60. The normalized spacial score (nSPS) is 11.1. The van der Waals surface area contributed by atoms with Crippen LogP contribution in [0.3, 0.4) is 0 Å². The predicted octanol–water partition coefficient (Wildman–Crippen LogP) is 2.78. The minimum atomic E-state index is 0.0772. The third-order valence-corrected chi connectivity index (χ3v) is 3.43. The number of hydrogen-bond donors (Lipinski definition) is 2. The number of para-hydroxylation sites is 1. The van der Waals surface area contributed by atoms with Crippen LogP contribution in [-0.2, 0) is 11.2 Å². The molecule has 1 aromatic carbocycles. The van der Waals surface area contributed by atoms with Crippen molar-refractivity contribution in [3.8, 4) is 0 Å². The Bertz CT molecular complexity index is 761. The Kier molecular flexibility index (Phi) is 3.37. The number of H-pyrrole nitrogens is 1. The van der Waals surface area contributed by atoms with Crippen LogP contribution in [0, 0.1) is 0 Å². The first-order valence-electron chi connectivity index (χ1n) is 6.90. The minimum Gasteiger partial charge on any atom is -0.356 e. The Balaban J connectivity index is 1.90. The molecule has 4 heteroatoms. The molecule has 0 saturated carbocycles. The summed E-state index contributed by atoms with van der Waals surface area (Å²) in [5, 5.41) is 5.17. The molecule has 0 bridgehead atoms. The lowest BCUT2D eigenvalue weighted by Crippen LogP contribution is -2.22. The highest BCUT2D eigenvalue weighted by Gasteiger charge is 2.07. The second-order valence-electron chi connectivity index (χ2n) is 4.85. The number of aromatic amines is 1. The highest BCUT2D eigenvalue weighted by Crippen LogP contribution is 2.25. The minimum absolute atomic E-state index is 0.0772. The first-order chi connectivity index (χ1) is 9.78. The van der Waals surface area contributed by atoms with Gasteiger partial charge >= 0.3 is 0 Å². The molecule has 0 unspecified atom stereocenters. The summed E-state index contributed by atoms with van der Waals surface area (Å²) in [6, 6.07) is 10.3. The van der Waals surface area contributed by atoms with Gasteiger partial charge in [0.05, 0.1) is 11.7 Å². The molecular formula is C16H17N3O. The van der Waals surface area contributed by atoms with Gasteiger partial charge in [-0.25, -0.2) is 0 Å². The number of fused-ring (bicyclic) bond motifs is 3. The van der Waals surface area contributed by atoms with E-state index >= 15 is 0 Å². The molecule has 0 aliphatic carbocycles. The predicted molar refractivity (Wildman–Crippen MR) is 80.6 cm³/mol. The molecule has 0 aliphatic heterocycles. The first kappa shape index (κ1) is 12.7. The number of rotatable bonds is 4. The Morgan fingerprint density at radius 2 is 2.10 bits per heavy atom. The van der Waals surface area contributed by atoms with Gasteiger partial charge in [0.25, 0.3) is 0 Å². The van der Waals surface area contributed by atoms with Crippen molar-refractivity contribution in [1.82, 2.24) is 15.3 Å². The third-order valence-electron chi connectivity index (χ3n) is 3.43. The lowest BCUT2D eigenvalue weighted by atomic mass is 10.1. The molecule has 0 fully saturated rings. The fourth-order valence-corrected chi connectivity index (χ4v) is 2.46. The van der Waals surface area contributed by atoms with Gasteiger partial charge in [-0.2, -0.15) is 0 Å². The zero-order valence-corrected chi connectivity index (χ0v) is 11.4. The highest BCUT2D eigenvalue weighted by atomic mass is 16.1. The summed E-state index contributed by atoms with van der Waals surface area (Å²) in [5.41, 5.74) is 3.10. The molecule has 3 aromatic rings. The molecule has 0 saturated heterocycles. The van der Waals surface area contributed by atoms with E-state index in [1.54, 1.807) is 0 Å². The number of carbonyl (C=O) groups excluding carboxylic acids is 1. The number of amides is 1. The number of carbonyl (C=O) groups is 1. The number of hydrogen-bond acceptors (Lipinski definition) is 2. The maximum absolute atomic E-state index is 11.5. The number of aromatic nitrogens is 2. The van der Waals surface area contributed by atoms with Crippen molar-refractivity contribution in [2.24, 2.45) is 0 Å². The van der Waals surface area contributed by atoms with Crippen LogP contribution < -0.4 is 5.32 Å².